The van der Waals surface area contributed by atoms with Crippen LogP contribution < -0.4 is 33.7 Å². The molecule has 6 aromatic carbocycles. The summed E-state index contributed by atoms with van der Waals surface area (Å²) in [5.41, 5.74) is 13.1. The number of ether oxygens (including phenoxy) is 7. The third-order valence-corrected chi connectivity index (χ3v) is 17.9. The van der Waals surface area contributed by atoms with Gasteiger partial charge in [0.1, 0.15) is 57.2 Å². The van der Waals surface area contributed by atoms with Crippen LogP contribution >= 0.6 is 0 Å². The number of allylic oxidation sites excluding steroid dienone is 2. The minimum atomic E-state index is -0.658. The van der Waals surface area contributed by atoms with E-state index in [1.807, 2.05) is 121 Å². The van der Waals surface area contributed by atoms with Crippen LogP contribution in [0.3, 0.4) is 0 Å². The number of hydrogen-bond donors (Lipinski definition) is 0. The van der Waals surface area contributed by atoms with Crippen LogP contribution in [0.25, 0.3) is 11.5 Å². The predicted molar refractivity (Wildman–Crippen MR) is 412 cm³/mol. The molecule has 4 heterocycles. The van der Waals surface area contributed by atoms with Gasteiger partial charge in [-0.05, 0) is 167 Å². The normalized spacial score (nSPS) is 13.6. The minimum Gasteiger partial charge on any atom is -0.623 e. The van der Waals surface area contributed by atoms with Gasteiger partial charge in [-0.2, -0.15) is 0 Å². The fourth-order valence-electron chi connectivity index (χ4n) is 13.3. The molecule has 0 bridgehead atoms. The number of aliphatic imine (C=N–C) groups is 2. The molecule has 2 aliphatic rings. The van der Waals surface area contributed by atoms with E-state index in [-0.39, 0.29) is 106 Å². The Morgan fingerprint density at radius 1 is 0.440 bits per heavy atom. The van der Waals surface area contributed by atoms with E-state index in [1.54, 1.807) is 26.0 Å². The van der Waals surface area contributed by atoms with E-state index in [0.29, 0.717) is 98.6 Å². The average molecular weight is 1530 g/mol. The molecule has 25 nitrogen and oxygen atoms in total. The van der Waals surface area contributed by atoms with Crippen LogP contribution in [-0.4, -0.2) is 56.5 Å². The van der Waals surface area contributed by atoms with Crippen molar-refractivity contribution in [3.8, 4) is 40.5 Å². The predicted octanol–water partition coefficient (Wildman–Crippen LogP) is 19.4. The number of aromatic nitrogens is 2. The summed E-state index contributed by atoms with van der Waals surface area (Å²) in [4.78, 5) is 91.3. The molecule has 10 rings (SSSR count). The summed E-state index contributed by atoms with van der Waals surface area (Å²) in [5.74, 6) is 1.47. The third-order valence-electron chi connectivity index (χ3n) is 17.9. The number of hydrogen-bond acceptors (Lipinski definition) is 19. The van der Waals surface area contributed by atoms with Crippen molar-refractivity contribution in [1.29, 1.82) is 0 Å². The second-order valence-electron chi connectivity index (χ2n) is 27.3. The molecule has 571 valence electrons. The molecule has 0 spiro atoms. The van der Waals surface area contributed by atoms with E-state index in [2.05, 4.69) is 13.8 Å². The Morgan fingerprint density at radius 2 is 0.761 bits per heavy atom. The summed E-state index contributed by atoms with van der Waals surface area (Å²) in [6.07, 6.45) is 1.29. The second kappa shape index (κ2) is 35.8. The number of rotatable bonds is 27. The van der Waals surface area contributed by atoms with E-state index >= 15 is 0 Å². The Labute approximate surface area is 643 Å². The maximum absolute atomic E-state index is 13.9. The summed E-state index contributed by atoms with van der Waals surface area (Å²) in [7, 11) is 0. The summed E-state index contributed by atoms with van der Waals surface area (Å²) in [6, 6.07) is 31.3. The van der Waals surface area contributed by atoms with Crippen LogP contribution in [0.2, 0.25) is 0 Å². The van der Waals surface area contributed by atoms with Gasteiger partial charge in [0.15, 0.2) is 0 Å². The molecule has 26 heteroatoms. The van der Waals surface area contributed by atoms with Gasteiger partial charge < -0.3 is 43.1 Å². The zero-order chi connectivity index (χ0) is 78.9. The smallest absolute Gasteiger partial charge is 0.623 e. The van der Waals surface area contributed by atoms with E-state index in [1.165, 1.54) is 84.9 Å². The number of nitro groups is 4. The van der Waals surface area contributed by atoms with E-state index in [9.17, 15) is 50.0 Å². The molecule has 0 N–H and O–H groups in total. The Bertz CT molecular complexity index is 4660. The first-order chi connectivity index (χ1) is 51.3. The van der Waals surface area contributed by atoms with Crippen LogP contribution in [0, 0.1) is 93.8 Å². The first-order valence-electron chi connectivity index (χ1n) is 35.7. The molecule has 0 amide bonds. The summed E-state index contributed by atoms with van der Waals surface area (Å²) >= 11 is 0. The molecule has 0 fully saturated rings. The molecule has 2 aliphatic heterocycles. The van der Waals surface area contributed by atoms with Crippen molar-refractivity contribution >= 4 is 57.8 Å². The fraction of sp³-hybridized carbons (Fsp3) is 0.325. The molecule has 0 saturated heterocycles. The Balaban J connectivity index is 0.000000272. The van der Waals surface area contributed by atoms with Crippen molar-refractivity contribution in [2.75, 3.05) is 13.2 Å². The number of benzene rings is 6. The summed E-state index contributed by atoms with van der Waals surface area (Å²) in [5, 5.41) is 45.3. The molecule has 0 aliphatic carbocycles. The molecule has 0 saturated carbocycles. The van der Waals surface area contributed by atoms with Crippen molar-refractivity contribution in [2.24, 2.45) is 21.8 Å². The van der Waals surface area contributed by atoms with Crippen molar-refractivity contribution in [3.63, 3.8) is 0 Å². The second-order valence-corrected chi connectivity index (χ2v) is 27.3. The van der Waals surface area contributed by atoms with Crippen LogP contribution in [0.5, 0.6) is 40.5 Å². The zero-order valence-electron chi connectivity index (χ0n) is 64.2. The van der Waals surface area contributed by atoms with Gasteiger partial charge in [-0.3, -0.25) is 40.5 Å². The topological polar surface area (TPSA) is 324 Å². The number of carbonyl (C=O) groups is 2. The van der Waals surface area contributed by atoms with Crippen LogP contribution in [0.1, 0.15) is 168 Å². The van der Waals surface area contributed by atoms with Crippen LogP contribution in [-0.2, 0) is 55.1 Å². The zero-order valence-corrected chi connectivity index (χ0v) is 65.3. The van der Waals surface area contributed by atoms with Crippen molar-refractivity contribution in [3.05, 3.63) is 268 Å². The SMILES string of the molecule is CCOC(=O)C1=C(C(C)C)/C(=C(\Oc2c(C)cc(C)cc2C)c2[n-]c(Oc3ccc([N+](=O)[O-])cc3)c(CC)c2C(C)C)N=C1Cc1ccc([N+](=O)[O-])cc1.CCOC(=O)C1=C(C(C)C)/C(=C(\Oc2c(C)cc(C)cc2C)c2[n-]c(Oc3ccc([N+](=O)[O-])cc3)c(CC)c2C(C)C)N=C1Oc1ccc([N+](=O)[O-])cc1.[Co+2]. The number of nitro benzene ring substituents is 4. The number of aryl methyl sites for hydroxylation is 6. The number of non-ortho nitro benzene ring substituents is 4. The molecule has 0 atom stereocenters. The minimum absolute atomic E-state index is 0. The van der Waals surface area contributed by atoms with Crippen LogP contribution in [0.15, 0.2) is 165 Å². The van der Waals surface area contributed by atoms with Gasteiger partial charge in [0, 0.05) is 77.9 Å². The first kappa shape index (κ1) is 82.9. The van der Waals surface area contributed by atoms with Crippen LogP contribution in [0.4, 0.5) is 22.7 Å². The fourth-order valence-corrected chi connectivity index (χ4v) is 13.3. The maximum atomic E-state index is 13.9. The van der Waals surface area contributed by atoms with E-state index in [4.69, 9.17) is 53.1 Å². The molecular formula is C83H88CoN8O17. The van der Waals surface area contributed by atoms with Crippen molar-refractivity contribution in [1.82, 2.24) is 9.97 Å². The van der Waals surface area contributed by atoms with Crippen molar-refractivity contribution < 1.29 is 79.2 Å². The molecule has 8 aromatic rings. The average Bonchev–Trinajstić information content (AvgIpc) is 1.60. The van der Waals surface area contributed by atoms with Gasteiger partial charge in [-0.25, -0.2) is 19.6 Å². The maximum Gasteiger partial charge on any atom is 2.00 e. The third kappa shape index (κ3) is 18.6. The molecule has 0 unspecified atom stereocenters. The largest absolute Gasteiger partial charge is 2.00 e. The Morgan fingerprint density at radius 3 is 1.08 bits per heavy atom. The molecule has 1 radical (unpaired) electrons. The van der Waals surface area contributed by atoms with E-state index in [0.717, 1.165) is 61.2 Å². The number of nitrogens with zero attached hydrogens (tertiary/aromatic N) is 8. The quantitative estimate of drug-likeness (QED) is 0.0200. The van der Waals surface area contributed by atoms with Gasteiger partial charge in [-0.15, -0.1) is 0 Å². The summed E-state index contributed by atoms with van der Waals surface area (Å²) in [6.45, 7) is 35.5. The Kier molecular flexibility index (Phi) is 27.2. The van der Waals surface area contributed by atoms with Gasteiger partial charge in [-0.1, -0.05) is 139 Å². The van der Waals surface area contributed by atoms with Crippen molar-refractivity contribution in [2.45, 2.75) is 156 Å². The number of esters is 2. The van der Waals surface area contributed by atoms with Gasteiger partial charge in [0.25, 0.3) is 22.7 Å². The monoisotopic (exact) mass is 1530 g/mol. The summed E-state index contributed by atoms with van der Waals surface area (Å²) < 4.78 is 44.0. The molecule has 2 aromatic heterocycles. The molecular weight excluding hydrogens is 1440 g/mol. The first-order valence-corrected chi connectivity index (χ1v) is 35.7. The van der Waals surface area contributed by atoms with E-state index < -0.39 is 31.6 Å². The standard InChI is InChI=1S/C42H46N4O8.C41H44N4O9.Co/c1-10-32-34(23(3)4)37(44-41(32)53-31-18-16-30(17-19-31)46(50)51)40(54-39-26(8)20-25(7)21-27(39)9)38-35(24(5)6)36(42(47)52-11-2)33(43-38)22-28-12-14-29(15-13-28)45(48)49;1-10-31-32(22(3)4)35(42-39(31)52-29-16-12-27(13-17-29)44(47)48)38(54-37-25(8)20-24(7)21-26(37)9)36-33(23(5)6)34(41(46)51-11-2)40(43-36)53-30-18-14-28(15-19-30)45(49)50;/h12-21,23-24H,10-11,22H2,1-9H3,(H,43,44,47);12-23H,10-11H2,1-9H3,(H,42,43,46);/q;;+2/p-2. The van der Waals surface area contributed by atoms with Gasteiger partial charge >= 0.3 is 28.7 Å². The van der Waals surface area contributed by atoms with Gasteiger partial charge in [0.2, 0.25) is 5.90 Å². The Hall–Kier alpha value is -11.8. The number of carbonyl (C=O) groups excluding carboxylic acids is 2. The molecule has 109 heavy (non-hydrogen) atoms. The van der Waals surface area contributed by atoms with Gasteiger partial charge in [0.05, 0.1) is 44.2 Å².